The molecule has 2 aliphatic heterocycles. The second kappa shape index (κ2) is 4.27. The summed E-state index contributed by atoms with van der Waals surface area (Å²) in [5, 5.41) is 3.44. The van der Waals surface area contributed by atoms with E-state index in [1.54, 1.807) is 0 Å². The third-order valence-corrected chi connectivity index (χ3v) is 5.21. The standard InChI is InChI=1S/C14H24N2O/c1-9-4-3-5-12(9)14(17)16-10(2)6-11-7-15-8-13(11)16/h9-13,15H,3-8H2,1-2H3. The number of amides is 1. The van der Waals surface area contributed by atoms with E-state index in [0.29, 0.717) is 35.7 Å². The topological polar surface area (TPSA) is 32.3 Å². The molecule has 0 radical (unpaired) electrons. The first kappa shape index (κ1) is 11.5. The van der Waals surface area contributed by atoms with Crippen molar-refractivity contribution in [3.63, 3.8) is 0 Å². The van der Waals surface area contributed by atoms with Gasteiger partial charge in [0.05, 0.1) is 0 Å². The molecule has 2 heterocycles. The number of carbonyl (C=O) groups is 1. The summed E-state index contributed by atoms with van der Waals surface area (Å²) in [5.41, 5.74) is 0. The van der Waals surface area contributed by atoms with Gasteiger partial charge in [0.2, 0.25) is 5.91 Å². The minimum Gasteiger partial charge on any atom is -0.335 e. The fraction of sp³-hybridized carbons (Fsp3) is 0.929. The van der Waals surface area contributed by atoms with Crippen molar-refractivity contribution < 1.29 is 4.79 Å². The molecule has 3 heteroatoms. The Morgan fingerprint density at radius 2 is 2.06 bits per heavy atom. The van der Waals surface area contributed by atoms with Crippen LogP contribution >= 0.6 is 0 Å². The monoisotopic (exact) mass is 236 g/mol. The zero-order valence-corrected chi connectivity index (χ0v) is 11.0. The van der Waals surface area contributed by atoms with Crippen molar-refractivity contribution in [1.29, 1.82) is 0 Å². The van der Waals surface area contributed by atoms with E-state index >= 15 is 0 Å². The fourth-order valence-corrected chi connectivity index (χ4v) is 4.25. The van der Waals surface area contributed by atoms with Gasteiger partial charge in [-0.1, -0.05) is 13.3 Å². The number of rotatable bonds is 1. The van der Waals surface area contributed by atoms with E-state index in [2.05, 4.69) is 24.1 Å². The minimum absolute atomic E-state index is 0.316. The Labute approximate surface area is 104 Å². The third kappa shape index (κ3) is 1.79. The van der Waals surface area contributed by atoms with Crippen molar-refractivity contribution in [3.8, 4) is 0 Å². The molecule has 3 aliphatic rings. The molecule has 3 nitrogen and oxygen atoms in total. The van der Waals surface area contributed by atoms with Crippen LogP contribution in [-0.4, -0.2) is 36.0 Å². The summed E-state index contributed by atoms with van der Waals surface area (Å²) in [6.07, 6.45) is 4.80. The van der Waals surface area contributed by atoms with E-state index < -0.39 is 0 Å². The lowest BCUT2D eigenvalue weighted by Crippen LogP contribution is -2.46. The van der Waals surface area contributed by atoms with Crippen molar-refractivity contribution in [2.75, 3.05) is 13.1 Å². The van der Waals surface area contributed by atoms with Gasteiger partial charge in [0.1, 0.15) is 0 Å². The Morgan fingerprint density at radius 3 is 2.76 bits per heavy atom. The van der Waals surface area contributed by atoms with Crippen molar-refractivity contribution in [2.24, 2.45) is 17.8 Å². The van der Waals surface area contributed by atoms with Crippen LogP contribution in [0.15, 0.2) is 0 Å². The SMILES string of the molecule is CC1CCCC1C(=O)N1C(C)CC2CNCC21. The lowest BCUT2D eigenvalue weighted by atomic mass is 9.96. The summed E-state index contributed by atoms with van der Waals surface area (Å²) in [5.74, 6) is 2.09. The highest BCUT2D eigenvalue weighted by molar-refractivity contribution is 5.80. The Morgan fingerprint density at radius 1 is 1.24 bits per heavy atom. The second-order valence-electron chi connectivity index (χ2n) is 6.33. The maximum Gasteiger partial charge on any atom is 0.226 e. The lowest BCUT2D eigenvalue weighted by molar-refractivity contribution is -0.139. The van der Waals surface area contributed by atoms with Crippen LogP contribution in [0.4, 0.5) is 0 Å². The van der Waals surface area contributed by atoms with Crippen LogP contribution in [0.25, 0.3) is 0 Å². The molecule has 17 heavy (non-hydrogen) atoms. The lowest BCUT2D eigenvalue weighted by Gasteiger charge is -2.31. The van der Waals surface area contributed by atoms with E-state index in [0.717, 1.165) is 19.5 Å². The van der Waals surface area contributed by atoms with Crippen molar-refractivity contribution >= 4 is 5.91 Å². The molecule has 5 atom stereocenters. The van der Waals surface area contributed by atoms with Gasteiger partial charge in [-0.3, -0.25) is 4.79 Å². The van der Waals surface area contributed by atoms with Gasteiger partial charge in [-0.25, -0.2) is 0 Å². The van der Waals surface area contributed by atoms with Gasteiger partial charge >= 0.3 is 0 Å². The van der Waals surface area contributed by atoms with Crippen molar-refractivity contribution in [1.82, 2.24) is 10.2 Å². The summed E-state index contributed by atoms with van der Waals surface area (Å²) in [6.45, 7) is 6.61. The number of likely N-dealkylation sites (tertiary alicyclic amines) is 1. The highest BCUT2D eigenvalue weighted by Gasteiger charge is 2.46. The Hall–Kier alpha value is -0.570. The van der Waals surface area contributed by atoms with E-state index in [4.69, 9.17) is 0 Å². The van der Waals surface area contributed by atoms with E-state index in [1.165, 1.54) is 19.3 Å². The van der Waals surface area contributed by atoms with Crippen LogP contribution in [0.5, 0.6) is 0 Å². The minimum atomic E-state index is 0.316. The van der Waals surface area contributed by atoms with Crippen molar-refractivity contribution in [2.45, 2.75) is 51.6 Å². The summed E-state index contributed by atoms with van der Waals surface area (Å²) in [6, 6.07) is 0.956. The van der Waals surface area contributed by atoms with Gasteiger partial charge in [-0.2, -0.15) is 0 Å². The molecule has 0 aromatic rings. The predicted molar refractivity (Wildman–Crippen MR) is 67.6 cm³/mol. The molecule has 96 valence electrons. The highest BCUT2D eigenvalue weighted by atomic mass is 16.2. The van der Waals surface area contributed by atoms with Crippen LogP contribution in [0.3, 0.4) is 0 Å². The van der Waals surface area contributed by atoms with Crippen LogP contribution < -0.4 is 5.32 Å². The summed E-state index contributed by atoms with van der Waals surface area (Å²) in [7, 11) is 0. The number of hydrogen-bond acceptors (Lipinski definition) is 2. The van der Waals surface area contributed by atoms with Crippen molar-refractivity contribution in [3.05, 3.63) is 0 Å². The zero-order valence-electron chi connectivity index (χ0n) is 11.0. The Balaban J connectivity index is 1.76. The molecule has 0 aromatic carbocycles. The van der Waals surface area contributed by atoms with Crippen LogP contribution in [0, 0.1) is 17.8 Å². The molecular weight excluding hydrogens is 212 g/mol. The van der Waals surface area contributed by atoms with Crippen LogP contribution in [0.1, 0.15) is 39.5 Å². The van der Waals surface area contributed by atoms with Crippen LogP contribution in [-0.2, 0) is 4.79 Å². The van der Waals surface area contributed by atoms with Gasteiger partial charge in [-0.05, 0) is 38.0 Å². The Kier molecular flexibility index (Phi) is 2.89. The molecule has 3 fully saturated rings. The van der Waals surface area contributed by atoms with E-state index in [9.17, 15) is 4.79 Å². The first-order chi connectivity index (χ1) is 8.18. The summed E-state index contributed by atoms with van der Waals surface area (Å²) in [4.78, 5) is 14.9. The summed E-state index contributed by atoms with van der Waals surface area (Å²) < 4.78 is 0. The number of nitrogens with one attached hydrogen (secondary N) is 1. The van der Waals surface area contributed by atoms with Gasteiger partial charge in [0.25, 0.3) is 0 Å². The normalized spacial score (nSPS) is 45.3. The third-order valence-electron chi connectivity index (χ3n) is 5.21. The number of fused-ring (bicyclic) bond motifs is 1. The molecule has 2 saturated heterocycles. The van der Waals surface area contributed by atoms with Gasteiger partial charge < -0.3 is 10.2 Å². The Bertz CT molecular complexity index is 317. The number of hydrogen-bond donors (Lipinski definition) is 1. The fourth-order valence-electron chi connectivity index (χ4n) is 4.25. The molecule has 1 amide bonds. The first-order valence-electron chi connectivity index (χ1n) is 7.21. The van der Waals surface area contributed by atoms with Gasteiger partial charge in [0.15, 0.2) is 0 Å². The molecule has 0 spiro atoms. The van der Waals surface area contributed by atoms with Gasteiger partial charge in [0, 0.05) is 31.1 Å². The maximum atomic E-state index is 12.7. The molecule has 1 N–H and O–H groups in total. The zero-order chi connectivity index (χ0) is 12.0. The average molecular weight is 236 g/mol. The maximum absolute atomic E-state index is 12.7. The molecule has 1 aliphatic carbocycles. The molecular formula is C14H24N2O. The number of nitrogens with zero attached hydrogens (tertiary/aromatic N) is 1. The molecule has 0 bridgehead atoms. The van der Waals surface area contributed by atoms with Gasteiger partial charge in [-0.15, -0.1) is 0 Å². The largest absolute Gasteiger partial charge is 0.335 e. The second-order valence-corrected chi connectivity index (χ2v) is 6.33. The quantitative estimate of drug-likeness (QED) is 0.750. The number of carbonyl (C=O) groups excluding carboxylic acids is 1. The van der Waals surface area contributed by atoms with Crippen LogP contribution in [0.2, 0.25) is 0 Å². The molecule has 1 saturated carbocycles. The van der Waals surface area contributed by atoms with E-state index in [1.807, 2.05) is 0 Å². The molecule has 3 rings (SSSR count). The average Bonchev–Trinajstić information content (AvgIpc) is 2.92. The first-order valence-corrected chi connectivity index (χ1v) is 7.21. The molecule has 0 aromatic heterocycles. The van der Waals surface area contributed by atoms with E-state index in [-0.39, 0.29) is 0 Å². The smallest absolute Gasteiger partial charge is 0.226 e. The highest BCUT2D eigenvalue weighted by Crippen LogP contribution is 2.38. The summed E-state index contributed by atoms with van der Waals surface area (Å²) >= 11 is 0. The predicted octanol–water partition coefficient (Wildman–Crippen LogP) is 1.63. The molecule has 5 unspecified atom stereocenters.